The van der Waals surface area contributed by atoms with Crippen molar-refractivity contribution in [3.05, 3.63) is 83.1 Å². The summed E-state index contributed by atoms with van der Waals surface area (Å²) >= 11 is 5.96. The van der Waals surface area contributed by atoms with Crippen molar-refractivity contribution in [1.29, 1.82) is 0 Å². The number of aryl methyl sites for hydroxylation is 1. The van der Waals surface area contributed by atoms with E-state index in [1.807, 2.05) is 32.0 Å². The summed E-state index contributed by atoms with van der Waals surface area (Å²) in [6.45, 7) is 4.44. The maximum Gasteiger partial charge on any atom is 0.323 e. The van der Waals surface area contributed by atoms with Crippen molar-refractivity contribution < 1.29 is 19.1 Å². The number of guanidine groups is 1. The molecule has 0 saturated carbocycles. The summed E-state index contributed by atoms with van der Waals surface area (Å²) in [5.41, 5.74) is 2.22. The molecule has 38 heavy (non-hydrogen) atoms. The van der Waals surface area contributed by atoms with E-state index in [1.54, 1.807) is 62.8 Å². The van der Waals surface area contributed by atoms with E-state index in [9.17, 15) is 9.59 Å². The molecule has 2 N–H and O–H groups in total. The lowest BCUT2D eigenvalue weighted by atomic mass is 10.2. The van der Waals surface area contributed by atoms with E-state index >= 15 is 0 Å². The van der Waals surface area contributed by atoms with Crippen molar-refractivity contribution >= 4 is 42.1 Å². The topological polar surface area (TPSA) is 116 Å². The summed E-state index contributed by atoms with van der Waals surface area (Å²) in [5, 5.41) is 5.57. The number of nitrogens with zero attached hydrogens (tertiary/aromatic N) is 4. The highest BCUT2D eigenvalue weighted by molar-refractivity contribution is 6.30. The number of hydrogen-bond donors (Lipinski definition) is 2. The van der Waals surface area contributed by atoms with Gasteiger partial charge in [-0.3, -0.25) is 24.8 Å². The third-order valence-electron chi connectivity index (χ3n) is 5.00. The minimum atomic E-state index is -0.378. The van der Waals surface area contributed by atoms with Crippen molar-refractivity contribution in [2.45, 2.75) is 20.4 Å². The molecule has 0 fully saturated rings. The van der Waals surface area contributed by atoms with Crippen LogP contribution in [0.1, 0.15) is 18.2 Å². The Morgan fingerprint density at radius 1 is 1.08 bits per heavy atom. The van der Waals surface area contributed by atoms with Gasteiger partial charge in [-0.05, 0) is 61.9 Å². The minimum Gasteiger partial charge on any atom is -0.457 e. The number of halogens is 1. The lowest BCUT2D eigenvalue weighted by Crippen LogP contribution is -2.47. The van der Waals surface area contributed by atoms with E-state index in [-0.39, 0.29) is 18.5 Å². The number of ether oxygens (including phenoxy) is 1. The van der Waals surface area contributed by atoms with Gasteiger partial charge in [0.1, 0.15) is 11.5 Å². The Kier molecular flexibility index (Phi) is 12.2. The number of carbonyl (C=O) groups is 3. The number of nitrogens with one attached hydrogen (secondary N) is 2. The second-order valence-electron chi connectivity index (χ2n) is 7.87. The zero-order valence-electron chi connectivity index (χ0n) is 21.7. The van der Waals surface area contributed by atoms with Crippen LogP contribution in [0, 0.1) is 6.92 Å². The number of hydrogen-bond acceptors (Lipinski definition) is 6. The molecule has 0 aliphatic heterocycles. The molecule has 1 heterocycles. The monoisotopic (exact) mass is 538 g/mol. The zero-order valence-corrected chi connectivity index (χ0v) is 22.5. The second kappa shape index (κ2) is 15.6. The first-order valence-electron chi connectivity index (χ1n) is 11.7. The lowest BCUT2D eigenvalue weighted by Gasteiger charge is -2.23. The van der Waals surface area contributed by atoms with Crippen molar-refractivity contribution in [3.63, 3.8) is 0 Å². The highest BCUT2D eigenvalue weighted by atomic mass is 35.5. The number of rotatable bonds is 8. The molecule has 4 amide bonds. The first-order chi connectivity index (χ1) is 18.3. The average Bonchev–Trinajstić information content (AvgIpc) is 2.93. The van der Waals surface area contributed by atoms with Crippen LogP contribution in [0.25, 0.3) is 0 Å². The fourth-order valence-electron chi connectivity index (χ4n) is 2.88. The van der Waals surface area contributed by atoms with Crippen molar-refractivity contribution in [2.75, 3.05) is 20.6 Å². The standard InChI is InChI=1S/C25H26ClN5O3.C2H5NO/c1-4-30(3)25(33)29-24(31(17-32)16-19-5-7-20(26)8-6-19)28-21-9-11-22(12-10-21)34-23-13-14-27-18(2)15-23;1-3-2-4/h5-15,17H,4,16H2,1-3H3,(H,28,29,33);2H,1H3,(H,3,4). The molecule has 10 nitrogen and oxygen atoms in total. The van der Waals surface area contributed by atoms with Crippen LogP contribution in [0.15, 0.2) is 71.9 Å². The third-order valence-corrected chi connectivity index (χ3v) is 5.25. The quantitative estimate of drug-likeness (QED) is 0.249. The summed E-state index contributed by atoms with van der Waals surface area (Å²) in [6.07, 6.45) is 2.93. The SMILES string of the molecule is CCN(C)C(=O)NC(=Nc1ccc(Oc2ccnc(C)c2)cc1)N(C=O)Cc1ccc(Cl)cc1.CNC=O. The summed E-state index contributed by atoms with van der Waals surface area (Å²) in [4.78, 5) is 45.0. The van der Waals surface area contributed by atoms with E-state index in [1.165, 1.54) is 9.80 Å². The van der Waals surface area contributed by atoms with Gasteiger partial charge in [-0.2, -0.15) is 0 Å². The van der Waals surface area contributed by atoms with Gasteiger partial charge < -0.3 is 15.0 Å². The first-order valence-corrected chi connectivity index (χ1v) is 12.1. The van der Waals surface area contributed by atoms with Gasteiger partial charge in [0.05, 0.1) is 12.2 Å². The van der Waals surface area contributed by atoms with Gasteiger partial charge in [0.15, 0.2) is 0 Å². The summed E-state index contributed by atoms with van der Waals surface area (Å²) in [5.74, 6) is 1.40. The highest BCUT2D eigenvalue weighted by Gasteiger charge is 2.17. The Morgan fingerprint density at radius 3 is 2.29 bits per heavy atom. The fraction of sp³-hybridized carbons (Fsp3) is 0.222. The van der Waals surface area contributed by atoms with Gasteiger partial charge in [-0.15, -0.1) is 0 Å². The van der Waals surface area contributed by atoms with Crippen LogP contribution in [0.4, 0.5) is 10.5 Å². The molecule has 2 aromatic carbocycles. The predicted octanol–water partition coefficient (Wildman–Crippen LogP) is 4.51. The van der Waals surface area contributed by atoms with E-state index in [0.29, 0.717) is 41.6 Å². The van der Waals surface area contributed by atoms with Crippen molar-refractivity contribution in [1.82, 2.24) is 25.4 Å². The normalized spacial score (nSPS) is 10.4. The molecule has 0 saturated heterocycles. The Hall–Kier alpha value is -4.44. The van der Waals surface area contributed by atoms with Crippen LogP contribution in [0.5, 0.6) is 11.5 Å². The molecule has 11 heteroatoms. The number of urea groups is 1. The number of carbonyl (C=O) groups excluding carboxylic acids is 3. The number of benzene rings is 2. The number of pyridine rings is 1. The maximum absolute atomic E-state index is 12.5. The maximum atomic E-state index is 12.5. The second-order valence-corrected chi connectivity index (χ2v) is 8.31. The Labute approximate surface area is 227 Å². The van der Waals surface area contributed by atoms with Crippen molar-refractivity contribution in [3.8, 4) is 11.5 Å². The molecule has 0 atom stereocenters. The summed E-state index contributed by atoms with van der Waals surface area (Å²) in [7, 11) is 3.22. The van der Waals surface area contributed by atoms with Crippen LogP contribution in [0.2, 0.25) is 5.02 Å². The Bertz CT molecular complexity index is 1220. The highest BCUT2D eigenvalue weighted by Crippen LogP contribution is 2.24. The van der Waals surface area contributed by atoms with Gasteiger partial charge in [0, 0.05) is 43.6 Å². The molecule has 0 bridgehead atoms. The van der Waals surface area contributed by atoms with E-state index in [2.05, 4.69) is 20.6 Å². The van der Waals surface area contributed by atoms with Crippen molar-refractivity contribution in [2.24, 2.45) is 4.99 Å². The Morgan fingerprint density at radius 2 is 1.74 bits per heavy atom. The molecular formula is C27H31ClN6O4. The molecule has 1 aromatic heterocycles. The fourth-order valence-corrected chi connectivity index (χ4v) is 3.00. The number of amides is 4. The third kappa shape index (κ3) is 9.90. The number of aliphatic imine (C=N–C) groups is 1. The molecule has 0 spiro atoms. The van der Waals surface area contributed by atoms with Crippen LogP contribution >= 0.6 is 11.6 Å². The van der Waals surface area contributed by atoms with E-state index in [0.717, 1.165) is 11.3 Å². The molecule has 3 rings (SSSR count). The summed E-state index contributed by atoms with van der Waals surface area (Å²) < 4.78 is 5.84. The lowest BCUT2D eigenvalue weighted by molar-refractivity contribution is -0.115. The first kappa shape index (κ1) is 29.8. The van der Waals surface area contributed by atoms with Gasteiger partial charge in [-0.1, -0.05) is 23.7 Å². The molecule has 0 aliphatic rings. The molecule has 0 radical (unpaired) electrons. The van der Waals surface area contributed by atoms with Gasteiger partial charge in [0.25, 0.3) is 0 Å². The zero-order chi connectivity index (χ0) is 27.9. The largest absolute Gasteiger partial charge is 0.457 e. The van der Waals surface area contributed by atoms with Crippen LogP contribution in [-0.4, -0.2) is 60.2 Å². The molecule has 3 aromatic rings. The number of aromatic nitrogens is 1. The molecule has 0 unspecified atom stereocenters. The predicted molar refractivity (Wildman–Crippen MR) is 148 cm³/mol. The van der Waals surface area contributed by atoms with E-state index in [4.69, 9.17) is 21.1 Å². The average molecular weight is 539 g/mol. The minimum absolute atomic E-state index is 0.105. The van der Waals surface area contributed by atoms with Crippen LogP contribution < -0.4 is 15.4 Å². The van der Waals surface area contributed by atoms with Crippen LogP contribution in [0.3, 0.4) is 0 Å². The van der Waals surface area contributed by atoms with E-state index < -0.39 is 0 Å². The molecule has 200 valence electrons. The van der Waals surface area contributed by atoms with Crippen LogP contribution in [-0.2, 0) is 16.1 Å². The Balaban J connectivity index is 0.00000118. The summed E-state index contributed by atoms with van der Waals surface area (Å²) in [6, 6.07) is 17.3. The smallest absolute Gasteiger partial charge is 0.323 e. The van der Waals surface area contributed by atoms with Gasteiger partial charge in [-0.25, -0.2) is 9.79 Å². The van der Waals surface area contributed by atoms with Gasteiger partial charge >= 0.3 is 6.03 Å². The molecular weight excluding hydrogens is 508 g/mol. The van der Waals surface area contributed by atoms with Gasteiger partial charge in [0.2, 0.25) is 18.8 Å². The molecule has 0 aliphatic carbocycles.